The van der Waals surface area contributed by atoms with Crippen molar-refractivity contribution in [2.75, 3.05) is 0 Å². The number of allylic oxidation sites excluding steroid dienone is 2. The second kappa shape index (κ2) is 11.0. The summed E-state index contributed by atoms with van der Waals surface area (Å²) in [5, 5.41) is 2.11. The van der Waals surface area contributed by atoms with Crippen molar-refractivity contribution in [3.63, 3.8) is 0 Å². The van der Waals surface area contributed by atoms with Gasteiger partial charge in [0.15, 0.2) is 0 Å². The van der Waals surface area contributed by atoms with E-state index in [0.717, 1.165) is 71.3 Å². The van der Waals surface area contributed by atoms with Crippen LogP contribution in [0.1, 0.15) is 11.1 Å². The minimum Gasteiger partial charge on any atom is -0.237 e. The lowest BCUT2D eigenvalue weighted by molar-refractivity contribution is 0.573. The topological polar surface area (TPSA) is 51.6 Å². The first-order valence-electron chi connectivity index (χ1n) is 13.1. The van der Waals surface area contributed by atoms with Crippen LogP contribution in [0.3, 0.4) is 0 Å². The molecule has 2 aliphatic heterocycles. The Morgan fingerprint density at radius 2 is 0.659 bits per heavy atom. The number of halogens is 4. The van der Waals surface area contributed by atoms with Gasteiger partial charge >= 0.3 is 0 Å². The number of thioether (sulfide) groups is 4. The fraction of sp³-hybridized carbons (Fsp3) is 0. The second-order valence-electron chi connectivity index (χ2n) is 9.57. The zero-order valence-electron chi connectivity index (χ0n) is 22.0. The quantitative estimate of drug-likeness (QED) is 0.174. The lowest BCUT2D eigenvalue weighted by Gasteiger charge is -2.19. The van der Waals surface area contributed by atoms with Crippen LogP contribution >= 0.6 is 47.0 Å². The van der Waals surface area contributed by atoms with Crippen LogP contribution in [0.2, 0.25) is 0 Å². The fourth-order valence-corrected chi connectivity index (χ4v) is 9.75. The molecule has 4 heterocycles. The van der Waals surface area contributed by atoms with Gasteiger partial charge in [0.1, 0.15) is 43.4 Å². The summed E-state index contributed by atoms with van der Waals surface area (Å²) in [5.41, 5.74) is 1.78. The van der Waals surface area contributed by atoms with Gasteiger partial charge in [0, 0.05) is 11.1 Å². The highest BCUT2D eigenvalue weighted by molar-refractivity contribution is 8.25. The molecular weight excluding hydrogens is 645 g/mol. The third kappa shape index (κ3) is 4.68. The Bertz CT molecular complexity index is 1960. The van der Waals surface area contributed by atoms with Crippen LogP contribution in [0, 0.1) is 23.3 Å². The lowest BCUT2D eigenvalue weighted by Crippen LogP contribution is -2.04. The molecule has 4 nitrogen and oxygen atoms in total. The van der Waals surface area contributed by atoms with Gasteiger partial charge in [0.2, 0.25) is 0 Å². The average Bonchev–Trinajstić information content (AvgIpc) is 3.62. The molecule has 0 saturated carbocycles. The van der Waals surface area contributed by atoms with E-state index in [-0.39, 0.29) is 11.1 Å². The summed E-state index contributed by atoms with van der Waals surface area (Å²) >= 11 is 4.63. The van der Waals surface area contributed by atoms with Gasteiger partial charge in [-0.1, -0.05) is 83.4 Å². The summed E-state index contributed by atoms with van der Waals surface area (Å²) in [4.78, 5) is 18.9. The maximum Gasteiger partial charge on any atom is 0.135 e. The molecule has 0 atom stereocenters. The Balaban J connectivity index is 1.42. The molecule has 2 aromatic heterocycles. The molecule has 12 heteroatoms. The Morgan fingerprint density at radius 3 is 0.932 bits per heavy atom. The van der Waals surface area contributed by atoms with Crippen LogP contribution < -0.4 is 0 Å². The van der Waals surface area contributed by atoms with E-state index in [1.54, 1.807) is 0 Å². The predicted molar refractivity (Wildman–Crippen MR) is 169 cm³/mol. The van der Waals surface area contributed by atoms with E-state index < -0.39 is 34.4 Å². The molecular formula is C32H14F4N4S4. The van der Waals surface area contributed by atoms with E-state index >= 15 is 17.6 Å². The Kier molecular flexibility index (Phi) is 6.89. The summed E-state index contributed by atoms with van der Waals surface area (Å²) in [6.45, 7) is 0. The molecule has 0 unspecified atom stereocenters. The molecule has 0 saturated heterocycles. The van der Waals surface area contributed by atoms with Gasteiger partial charge in [0.05, 0.1) is 41.7 Å². The van der Waals surface area contributed by atoms with E-state index in [9.17, 15) is 0 Å². The largest absolute Gasteiger partial charge is 0.237 e. The minimum atomic E-state index is -0.877. The van der Waals surface area contributed by atoms with Gasteiger partial charge < -0.3 is 0 Å². The number of rotatable bonds is 3. The highest BCUT2D eigenvalue weighted by Gasteiger charge is 2.36. The Morgan fingerprint density at radius 1 is 0.386 bits per heavy atom. The molecule has 0 fully saturated rings. The predicted octanol–water partition coefficient (Wildman–Crippen LogP) is 9.96. The Hall–Kier alpha value is -3.84. The van der Waals surface area contributed by atoms with Crippen molar-refractivity contribution in [2.24, 2.45) is 0 Å². The van der Waals surface area contributed by atoms with Crippen LogP contribution in [-0.4, -0.2) is 19.9 Å². The van der Waals surface area contributed by atoms with Crippen molar-refractivity contribution in [2.45, 2.75) is 20.1 Å². The molecule has 0 spiro atoms. The van der Waals surface area contributed by atoms with Crippen molar-refractivity contribution in [1.29, 1.82) is 0 Å². The summed E-state index contributed by atoms with van der Waals surface area (Å²) in [7, 11) is 0. The minimum absolute atomic E-state index is 0.00387. The van der Waals surface area contributed by atoms with Crippen LogP contribution in [0.25, 0.3) is 33.2 Å². The van der Waals surface area contributed by atoms with Gasteiger partial charge in [0.25, 0.3) is 0 Å². The van der Waals surface area contributed by atoms with Crippen molar-refractivity contribution >= 4 is 80.3 Å². The average molecular weight is 659 g/mol. The van der Waals surface area contributed by atoms with Crippen LogP contribution in [-0.2, 0) is 0 Å². The highest BCUT2D eigenvalue weighted by Crippen LogP contribution is 2.60. The van der Waals surface area contributed by atoms with E-state index in [1.165, 1.54) is 12.1 Å². The molecule has 8 rings (SSSR count). The molecule has 44 heavy (non-hydrogen) atoms. The van der Waals surface area contributed by atoms with Crippen molar-refractivity contribution in [3.05, 3.63) is 128 Å². The number of para-hydroxylation sites is 4. The van der Waals surface area contributed by atoms with Crippen LogP contribution in [0.15, 0.2) is 114 Å². The molecule has 2 aliphatic rings. The van der Waals surface area contributed by atoms with E-state index in [2.05, 4.69) is 0 Å². The summed E-state index contributed by atoms with van der Waals surface area (Å²) in [6.07, 6.45) is 0. The first-order valence-corrected chi connectivity index (χ1v) is 16.3. The maximum absolute atomic E-state index is 15.8. The molecule has 0 amide bonds. The molecule has 6 aromatic rings. The van der Waals surface area contributed by atoms with Crippen molar-refractivity contribution < 1.29 is 17.6 Å². The van der Waals surface area contributed by atoms with Gasteiger partial charge in [-0.05, 0) is 48.5 Å². The van der Waals surface area contributed by atoms with Gasteiger partial charge in [-0.2, -0.15) is 0 Å². The fourth-order valence-electron chi connectivity index (χ4n) is 4.93. The SMILES string of the molecule is Fc1cccc(F)c1C(=C1Sc2nc3ccccc3nc2S1)C(=C1Sc2nc3ccccc3nc2S1)c1c(F)cccc1F. The number of fused-ring (bicyclic) bond motifs is 4. The third-order valence-corrected chi connectivity index (χ3v) is 11.6. The number of nitrogens with zero attached hydrogens (tertiary/aromatic N) is 4. The summed E-state index contributed by atoms with van der Waals surface area (Å²) in [5.74, 6) is -3.51. The first kappa shape index (κ1) is 27.7. The summed E-state index contributed by atoms with van der Waals surface area (Å²) < 4.78 is 63.8. The second-order valence-corrected chi connectivity index (χ2v) is 14.1. The van der Waals surface area contributed by atoms with Gasteiger partial charge in [-0.25, -0.2) is 37.5 Å². The molecule has 4 aromatic carbocycles. The zero-order valence-corrected chi connectivity index (χ0v) is 25.3. The lowest BCUT2D eigenvalue weighted by atomic mass is 9.93. The Labute approximate surface area is 264 Å². The molecule has 0 bridgehead atoms. The zero-order chi connectivity index (χ0) is 29.9. The van der Waals surface area contributed by atoms with Crippen molar-refractivity contribution in [3.8, 4) is 0 Å². The number of benzene rings is 4. The van der Waals surface area contributed by atoms with Crippen molar-refractivity contribution in [1.82, 2.24) is 19.9 Å². The van der Waals surface area contributed by atoms with E-state index in [0.29, 0.717) is 50.6 Å². The third-order valence-electron chi connectivity index (χ3n) is 6.86. The molecule has 214 valence electrons. The van der Waals surface area contributed by atoms with Crippen LogP contribution in [0.4, 0.5) is 17.6 Å². The van der Waals surface area contributed by atoms with Gasteiger partial charge in [-0.3, -0.25) is 0 Å². The van der Waals surface area contributed by atoms with E-state index in [1.807, 2.05) is 48.5 Å². The number of aromatic nitrogens is 4. The van der Waals surface area contributed by atoms with Crippen LogP contribution in [0.5, 0.6) is 0 Å². The molecule has 0 radical (unpaired) electrons. The molecule has 0 aliphatic carbocycles. The van der Waals surface area contributed by atoms with E-state index in [4.69, 9.17) is 19.9 Å². The highest BCUT2D eigenvalue weighted by atomic mass is 32.2. The first-order chi connectivity index (χ1) is 21.4. The number of hydrogen-bond donors (Lipinski definition) is 0. The van der Waals surface area contributed by atoms with Gasteiger partial charge in [-0.15, -0.1) is 0 Å². The normalized spacial score (nSPS) is 13.9. The molecule has 0 N–H and O–H groups in total. The monoisotopic (exact) mass is 658 g/mol. The summed E-state index contributed by atoms with van der Waals surface area (Å²) in [6, 6.07) is 21.7. The number of hydrogen-bond acceptors (Lipinski definition) is 8. The standard InChI is InChI=1S/C32H14F4N4S4/c33-15-7-5-8-16(34)23(15)25(31-41-27-28(42-31)38-20-12-2-1-11-19(20)37-27)26(24-17(35)9-6-10-18(24)36)32-43-29-30(44-32)40-22-14-4-3-13-21(22)39-29/h1-14H. The smallest absolute Gasteiger partial charge is 0.135 e. The maximum atomic E-state index is 15.8.